The van der Waals surface area contributed by atoms with E-state index >= 15 is 0 Å². The molecule has 0 radical (unpaired) electrons. The van der Waals surface area contributed by atoms with Crippen molar-refractivity contribution in [2.24, 2.45) is 0 Å². The maximum absolute atomic E-state index is 10.5. The highest BCUT2D eigenvalue weighted by Gasteiger charge is 2.09. The van der Waals surface area contributed by atoms with Gasteiger partial charge in [0.25, 0.3) is 0 Å². The highest BCUT2D eigenvalue weighted by Crippen LogP contribution is 2.15. The Morgan fingerprint density at radius 2 is 2.33 bits per heavy atom. The van der Waals surface area contributed by atoms with Gasteiger partial charge >= 0.3 is 5.97 Å². The van der Waals surface area contributed by atoms with Crippen LogP contribution in [-0.4, -0.2) is 21.2 Å². The number of aromatic hydroxyl groups is 1. The van der Waals surface area contributed by atoms with E-state index in [1.165, 1.54) is 6.07 Å². The van der Waals surface area contributed by atoms with Crippen LogP contribution in [-0.2, 0) is 6.42 Å². The van der Waals surface area contributed by atoms with Crippen molar-refractivity contribution in [3.63, 3.8) is 0 Å². The van der Waals surface area contributed by atoms with E-state index in [2.05, 4.69) is 4.98 Å². The number of hydrogen-bond donors (Lipinski definition) is 2. The minimum absolute atomic E-state index is 0.0955. The maximum atomic E-state index is 10.5. The van der Waals surface area contributed by atoms with E-state index in [9.17, 15) is 4.79 Å². The SMILES string of the molecule is CCc1cc(C(=O)O)c(O)cn1. The van der Waals surface area contributed by atoms with Gasteiger partial charge < -0.3 is 10.2 Å². The predicted molar refractivity (Wildman–Crippen MR) is 42.2 cm³/mol. The summed E-state index contributed by atoms with van der Waals surface area (Å²) < 4.78 is 0. The number of hydrogen-bond acceptors (Lipinski definition) is 3. The van der Waals surface area contributed by atoms with Crippen molar-refractivity contribution in [1.29, 1.82) is 0 Å². The summed E-state index contributed by atoms with van der Waals surface area (Å²) in [7, 11) is 0. The van der Waals surface area contributed by atoms with Crippen LogP contribution in [0.25, 0.3) is 0 Å². The molecule has 0 unspecified atom stereocenters. The summed E-state index contributed by atoms with van der Waals surface area (Å²) >= 11 is 0. The number of carboxylic acids is 1. The minimum Gasteiger partial charge on any atom is -0.505 e. The Bertz CT molecular complexity index is 309. The van der Waals surface area contributed by atoms with Gasteiger partial charge in [-0.3, -0.25) is 4.98 Å². The standard InChI is InChI=1S/C8H9NO3/c1-2-5-3-6(8(11)12)7(10)4-9-5/h3-4,10H,2H2,1H3,(H,11,12). The molecule has 0 aliphatic carbocycles. The molecule has 1 rings (SSSR count). The van der Waals surface area contributed by atoms with Crippen molar-refractivity contribution < 1.29 is 15.0 Å². The highest BCUT2D eigenvalue weighted by molar-refractivity contribution is 5.90. The van der Waals surface area contributed by atoms with E-state index in [0.717, 1.165) is 6.20 Å². The van der Waals surface area contributed by atoms with E-state index in [1.807, 2.05) is 6.92 Å². The normalized spacial score (nSPS) is 9.75. The van der Waals surface area contributed by atoms with E-state index in [4.69, 9.17) is 10.2 Å². The third-order valence-electron chi connectivity index (χ3n) is 1.53. The number of aromatic carboxylic acids is 1. The third kappa shape index (κ3) is 1.53. The summed E-state index contributed by atoms with van der Waals surface area (Å²) in [5.41, 5.74) is 0.562. The molecule has 0 bridgehead atoms. The Hall–Kier alpha value is -1.58. The molecule has 0 atom stereocenters. The molecule has 1 heterocycles. The van der Waals surface area contributed by atoms with Gasteiger partial charge in [0, 0.05) is 5.69 Å². The second-order valence-electron chi connectivity index (χ2n) is 2.35. The second kappa shape index (κ2) is 3.21. The number of carbonyl (C=O) groups is 1. The van der Waals surface area contributed by atoms with Crippen LogP contribution >= 0.6 is 0 Å². The molecule has 0 aliphatic heterocycles. The van der Waals surface area contributed by atoms with Crippen LogP contribution in [0.15, 0.2) is 12.3 Å². The first-order valence-corrected chi connectivity index (χ1v) is 3.56. The number of rotatable bonds is 2. The fraction of sp³-hybridized carbons (Fsp3) is 0.250. The molecule has 0 aromatic carbocycles. The largest absolute Gasteiger partial charge is 0.505 e. The zero-order chi connectivity index (χ0) is 9.14. The van der Waals surface area contributed by atoms with Crippen LogP contribution in [0.2, 0.25) is 0 Å². The average molecular weight is 167 g/mol. The summed E-state index contributed by atoms with van der Waals surface area (Å²) in [6.45, 7) is 1.87. The molecular formula is C8H9NO3. The monoisotopic (exact) mass is 167 g/mol. The van der Waals surface area contributed by atoms with E-state index in [0.29, 0.717) is 12.1 Å². The number of aromatic nitrogens is 1. The molecule has 4 heteroatoms. The van der Waals surface area contributed by atoms with Crippen molar-refractivity contribution in [2.45, 2.75) is 13.3 Å². The van der Waals surface area contributed by atoms with Gasteiger partial charge in [-0.05, 0) is 12.5 Å². The Morgan fingerprint density at radius 1 is 1.67 bits per heavy atom. The van der Waals surface area contributed by atoms with E-state index in [-0.39, 0.29) is 11.3 Å². The van der Waals surface area contributed by atoms with Gasteiger partial charge in [-0.1, -0.05) is 6.92 Å². The maximum Gasteiger partial charge on any atom is 0.339 e. The quantitative estimate of drug-likeness (QED) is 0.690. The molecule has 0 saturated heterocycles. The fourth-order valence-electron chi connectivity index (χ4n) is 0.856. The van der Waals surface area contributed by atoms with Gasteiger partial charge in [-0.25, -0.2) is 4.79 Å². The zero-order valence-corrected chi connectivity index (χ0v) is 6.61. The molecule has 0 aliphatic rings. The van der Waals surface area contributed by atoms with Crippen LogP contribution < -0.4 is 0 Å². The van der Waals surface area contributed by atoms with Crippen molar-refractivity contribution in [3.05, 3.63) is 23.5 Å². The van der Waals surface area contributed by atoms with Gasteiger partial charge in [0.1, 0.15) is 11.3 Å². The first-order valence-electron chi connectivity index (χ1n) is 3.56. The number of aryl methyl sites for hydroxylation is 1. The molecule has 0 amide bonds. The molecule has 12 heavy (non-hydrogen) atoms. The first-order chi connectivity index (χ1) is 5.65. The summed E-state index contributed by atoms with van der Waals surface area (Å²) in [5.74, 6) is -1.43. The van der Waals surface area contributed by atoms with Crippen LogP contribution in [0.5, 0.6) is 5.75 Å². The van der Waals surface area contributed by atoms with Gasteiger partial charge in [0.05, 0.1) is 6.20 Å². The summed E-state index contributed by atoms with van der Waals surface area (Å²) in [6.07, 6.45) is 1.81. The smallest absolute Gasteiger partial charge is 0.339 e. The first kappa shape index (κ1) is 8.52. The fourth-order valence-corrected chi connectivity index (χ4v) is 0.856. The summed E-state index contributed by atoms with van der Waals surface area (Å²) in [5, 5.41) is 17.7. The highest BCUT2D eigenvalue weighted by atomic mass is 16.4. The third-order valence-corrected chi connectivity index (χ3v) is 1.53. The number of pyridine rings is 1. The topological polar surface area (TPSA) is 70.4 Å². The van der Waals surface area contributed by atoms with E-state index < -0.39 is 5.97 Å². The lowest BCUT2D eigenvalue weighted by atomic mass is 10.2. The van der Waals surface area contributed by atoms with Crippen LogP contribution in [0, 0.1) is 0 Å². The predicted octanol–water partition coefficient (Wildman–Crippen LogP) is 1.05. The summed E-state index contributed by atoms with van der Waals surface area (Å²) in [4.78, 5) is 14.3. The Kier molecular flexibility index (Phi) is 2.28. The molecule has 0 saturated carbocycles. The molecule has 1 aromatic rings. The molecule has 2 N–H and O–H groups in total. The van der Waals surface area contributed by atoms with Crippen molar-refractivity contribution in [2.75, 3.05) is 0 Å². The Balaban J connectivity index is 3.17. The van der Waals surface area contributed by atoms with Crippen LogP contribution in [0.4, 0.5) is 0 Å². The molecule has 0 fully saturated rings. The lowest BCUT2D eigenvalue weighted by Crippen LogP contribution is -1.99. The van der Waals surface area contributed by atoms with E-state index in [1.54, 1.807) is 0 Å². The van der Waals surface area contributed by atoms with Crippen molar-refractivity contribution >= 4 is 5.97 Å². The zero-order valence-electron chi connectivity index (χ0n) is 6.61. The minimum atomic E-state index is -1.13. The molecular weight excluding hydrogens is 158 g/mol. The average Bonchev–Trinajstić information content (AvgIpc) is 2.05. The molecule has 64 valence electrons. The van der Waals surface area contributed by atoms with Crippen LogP contribution in [0.1, 0.15) is 23.0 Å². The number of carboxylic acid groups (broad SMARTS) is 1. The van der Waals surface area contributed by atoms with Gasteiger partial charge in [0.15, 0.2) is 0 Å². The Labute approximate surface area is 69.5 Å². The summed E-state index contributed by atoms with van der Waals surface area (Å²) in [6, 6.07) is 1.37. The second-order valence-corrected chi connectivity index (χ2v) is 2.35. The Morgan fingerprint density at radius 3 is 2.83 bits per heavy atom. The molecule has 1 aromatic heterocycles. The molecule has 4 nitrogen and oxygen atoms in total. The van der Waals surface area contributed by atoms with Gasteiger partial charge in [0.2, 0.25) is 0 Å². The molecule has 0 spiro atoms. The van der Waals surface area contributed by atoms with Crippen molar-refractivity contribution in [3.8, 4) is 5.75 Å². The van der Waals surface area contributed by atoms with Gasteiger partial charge in [-0.15, -0.1) is 0 Å². The lowest BCUT2D eigenvalue weighted by molar-refractivity contribution is 0.0693. The van der Waals surface area contributed by atoms with Gasteiger partial charge in [-0.2, -0.15) is 0 Å². The van der Waals surface area contributed by atoms with Crippen molar-refractivity contribution in [1.82, 2.24) is 4.98 Å². The number of nitrogens with zero attached hydrogens (tertiary/aromatic N) is 1. The lowest BCUT2D eigenvalue weighted by Gasteiger charge is -2.00. The van der Waals surface area contributed by atoms with Crippen LogP contribution in [0.3, 0.4) is 0 Å².